The van der Waals surface area contributed by atoms with E-state index in [4.69, 9.17) is 39.5 Å². The van der Waals surface area contributed by atoms with Crippen LogP contribution in [0.2, 0.25) is 15.1 Å². The number of pyridine rings is 1. The molecule has 3 aromatic heterocycles. The zero-order valence-corrected chi connectivity index (χ0v) is 20.2. The standard InChI is InChI=1S/C23H16Cl3N5O3/c1-29-20-19(21(32)30(2)23(29)33)31(11-12-5-6-15(25)16(26)10-12)22(28-20)34-17-8-7-14(24)13-4-3-9-27-18(13)17/h3-10H,11H2,1-2H3. The lowest BCUT2D eigenvalue weighted by molar-refractivity contribution is 0.424. The van der Waals surface area contributed by atoms with Gasteiger partial charge in [-0.2, -0.15) is 4.98 Å². The summed E-state index contributed by atoms with van der Waals surface area (Å²) in [6, 6.07) is 12.2. The topological polar surface area (TPSA) is 83.9 Å². The van der Waals surface area contributed by atoms with Crippen molar-refractivity contribution in [3.63, 3.8) is 0 Å². The van der Waals surface area contributed by atoms with Crippen LogP contribution in [0, 0.1) is 0 Å². The van der Waals surface area contributed by atoms with E-state index in [2.05, 4.69) is 9.97 Å². The van der Waals surface area contributed by atoms with Gasteiger partial charge in [-0.05, 0) is 42.0 Å². The maximum atomic E-state index is 13.1. The van der Waals surface area contributed by atoms with Crippen molar-refractivity contribution >= 4 is 56.9 Å². The number of aromatic nitrogens is 5. The molecule has 0 bridgehead atoms. The molecule has 0 atom stereocenters. The molecule has 0 saturated carbocycles. The number of fused-ring (bicyclic) bond motifs is 2. The number of imidazole rings is 1. The van der Waals surface area contributed by atoms with Gasteiger partial charge in [-0.1, -0.05) is 40.9 Å². The SMILES string of the molecule is Cn1c(=O)c2c(nc(Oc3ccc(Cl)c4cccnc34)n2Cc2ccc(Cl)c(Cl)c2)n(C)c1=O. The zero-order valence-electron chi connectivity index (χ0n) is 17.9. The van der Waals surface area contributed by atoms with Gasteiger partial charge in [-0.15, -0.1) is 0 Å². The second-order valence-electron chi connectivity index (χ2n) is 7.65. The Hall–Kier alpha value is -3.33. The second kappa shape index (κ2) is 8.47. The van der Waals surface area contributed by atoms with E-state index in [1.807, 2.05) is 6.07 Å². The Kier molecular flexibility index (Phi) is 5.59. The first kappa shape index (κ1) is 22.5. The van der Waals surface area contributed by atoms with Crippen molar-refractivity contribution in [1.29, 1.82) is 0 Å². The Morgan fingerprint density at radius 3 is 2.47 bits per heavy atom. The molecular weight excluding hydrogens is 501 g/mol. The fourth-order valence-corrected chi connectivity index (χ4v) is 4.30. The summed E-state index contributed by atoms with van der Waals surface area (Å²) in [5.74, 6) is 0.396. The summed E-state index contributed by atoms with van der Waals surface area (Å²) in [4.78, 5) is 34.5. The van der Waals surface area contributed by atoms with Crippen molar-refractivity contribution in [2.24, 2.45) is 14.1 Å². The lowest BCUT2D eigenvalue weighted by Gasteiger charge is -2.12. The highest BCUT2D eigenvalue weighted by Crippen LogP contribution is 2.33. The molecule has 0 fully saturated rings. The lowest BCUT2D eigenvalue weighted by Crippen LogP contribution is -2.37. The van der Waals surface area contributed by atoms with E-state index in [0.717, 1.165) is 10.1 Å². The maximum absolute atomic E-state index is 13.1. The summed E-state index contributed by atoms with van der Waals surface area (Å²) in [5.41, 5.74) is 0.686. The van der Waals surface area contributed by atoms with Crippen molar-refractivity contribution in [1.82, 2.24) is 23.7 Å². The van der Waals surface area contributed by atoms with E-state index in [-0.39, 0.29) is 23.7 Å². The largest absolute Gasteiger partial charge is 0.423 e. The van der Waals surface area contributed by atoms with E-state index in [1.54, 1.807) is 54.2 Å². The Balaban J connectivity index is 1.75. The van der Waals surface area contributed by atoms with Gasteiger partial charge in [0.1, 0.15) is 5.52 Å². The molecule has 34 heavy (non-hydrogen) atoms. The Morgan fingerprint density at radius 1 is 0.941 bits per heavy atom. The predicted octanol–water partition coefficient (Wildman–Crippen LogP) is 4.78. The summed E-state index contributed by atoms with van der Waals surface area (Å²) < 4.78 is 10.1. The van der Waals surface area contributed by atoms with Crippen LogP contribution in [-0.4, -0.2) is 23.7 Å². The summed E-state index contributed by atoms with van der Waals surface area (Å²) in [6.45, 7) is 0.190. The monoisotopic (exact) mass is 515 g/mol. The van der Waals surface area contributed by atoms with Crippen LogP contribution in [0.4, 0.5) is 0 Å². The fraction of sp³-hybridized carbons (Fsp3) is 0.130. The third-order valence-electron chi connectivity index (χ3n) is 5.52. The van der Waals surface area contributed by atoms with Gasteiger partial charge < -0.3 is 4.74 Å². The summed E-state index contributed by atoms with van der Waals surface area (Å²) in [7, 11) is 2.96. The molecule has 0 aliphatic carbocycles. The number of nitrogens with zero attached hydrogens (tertiary/aromatic N) is 5. The molecule has 0 amide bonds. The molecule has 0 unspecified atom stereocenters. The molecule has 0 radical (unpaired) electrons. The van der Waals surface area contributed by atoms with Crippen LogP contribution < -0.4 is 16.0 Å². The number of ether oxygens (including phenoxy) is 1. The molecule has 8 nitrogen and oxygen atoms in total. The fourth-order valence-electron chi connectivity index (χ4n) is 3.76. The molecule has 5 aromatic rings. The molecule has 2 aromatic carbocycles. The minimum absolute atomic E-state index is 0.105. The third kappa shape index (κ3) is 3.64. The van der Waals surface area contributed by atoms with Crippen molar-refractivity contribution in [3.8, 4) is 11.8 Å². The predicted molar refractivity (Wildman–Crippen MR) is 133 cm³/mol. The number of benzene rings is 2. The average molecular weight is 517 g/mol. The summed E-state index contributed by atoms with van der Waals surface area (Å²) >= 11 is 18.6. The van der Waals surface area contributed by atoms with Crippen LogP contribution in [0.3, 0.4) is 0 Å². The highest BCUT2D eigenvalue weighted by molar-refractivity contribution is 6.42. The molecule has 0 aliphatic heterocycles. The van der Waals surface area contributed by atoms with Crippen LogP contribution in [0.25, 0.3) is 22.1 Å². The van der Waals surface area contributed by atoms with E-state index < -0.39 is 11.2 Å². The van der Waals surface area contributed by atoms with Crippen molar-refractivity contribution in [2.45, 2.75) is 6.54 Å². The van der Waals surface area contributed by atoms with E-state index >= 15 is 0 Å². The molecule has 5 rings (SSSR count). The number of hydrogen-bond donors (Lipinski definition) is 0. The smallest absolute Gasteiger partial charge is 0.332 e. The van der Waals surface area contributed by atoms with Crippen molar-refractivity contribution < 1.29 is 4.74 Å². The Morgan fingerprint density at radius 2 is 1.71 bits per heavy atom. The number of hydrogen-bond acceptors (Lipinski definition) is 5. The van der Waals surface area contributed by atoms with Crippen LogP contribution >= 0.6 is 34.8 Å². The summed E-state index contributed by atoms with van der Waals surface area (Å²) in [6.07, 6.45) is 1.63. The van der Waals surface area contributed by atoms with Crippen molar-refractivity contribution in [3.05, 3.63) is 90.1 Å². The molecular formula is C23H16Cl3N5O3. The third-order valence-corrected chi connectivity index (χ3v) is 6.59. The van der Waals surface area contributed by atoms with Crippen LogP contribution in [0.1, 0.15) is 5.56 Å². The number of aryl methyl sites for hydroxylation is 1. The van der Waals surface area contributed by atoms with Crippen molar-refractivity contribution in [2.75, 3.05) is 0 Å². The first-order valence-electron chi connectivity index (χ1n) is 10.1. The van der Waals surface area contributed by atoms with Gasteiger partial charge in [0.2, 0.25) is 0 Å². The Labute approximate surface area is 207 Å². The molecule has 0 spiro atoms. The first-order chi connectivity index (χ1) is 16.3. The normalized spacial score (nSPS) is 11.4. The maximum Gasteiger partial charge on any atom is 0.332 e. The highest BCUT2D eigenvalue weighted by Gasteiger charge is 2.22. The minimum atomic E-state index is -0.500. The highest BCUT2D eigenvalue weighted by atomic mass is 35.5. The van der Waals surface area contributed by atoms with Gasteiger partial charge in [0.05, 0.1) is 21.6 Å². The van der Waals surface area contributed by atoms with Crippen LogP contribution in [0.15, 0.2) is 58.3 Å². The first-order valence-corrected chi connectivity index (χ1v) is 11.2. The number of rotatable bonds is 4. The zero-order chi connectivity index (χ0) is 24.1. The van der Waals surface area contributed by atoms with Gasteiger partial charge >= 0.3 is 11.7 Å². The summed E-state index contributed by atoms with van der Waals surface area (Å²) in [5, 5.41) is 2.02. The Bertz CT molecular complexity index is 1720. The van der Waals surface area contributed by atoms with E-state index in [0.29, 0.717) is 31.7 Å². The average Bonchev–Trinajstić information content (AvgIpc) is 3.18. The van der Waals surface area contributed by atoms with Gasteiger partial charge in [0.15, 0.2) is 16.9 Å². The lowest BCUT2D eigenvalue weighted by atomic mass is 10.2. The van der Waals surface area contributed by atoms with Gasteiger partial charge in [-0.3, -0.25) is 23.5 Å². The molecule has 0 saturated heterocycles. The van der Waals surface area contributed by atoms with Gasteiger partial charge in [0, 0.05) is 25.7 Å². The molecule has 0 aliphatic rings. The minimum Gasteiger partial charge on any atom is -0.423 e. The molecule has 172 valence electrons. The molecule has 0 N–H and O–H groups in total. The van der Waals surface area contributed by atoms with Crippen LogP contribution in [-0.2, 0) is 20.6 Å². The van der Waals surface area contributed by atoms with Gasteiger partial charge in [0.25, 0.3) is 5.56 Å². The van der Waals surface area contributed by atoms with E-state index in [9.17, 15) is 9.59 Å². The second-order valence-corrected chi connectivity index (χ2v) is 8.88. The van der Waals surface area contributed by atoms with Crippen LogP contribution in [0.5, 0.6) is 11.8 Å². The molecule has 11 heteroatoms. The molecule has 3 heterocycles. The number of halogens is 3. The van der Waals surface area contributed by atoms with Gasteiger partial charge in [-0.25, -0.2) is 4.79 Å². The quantitative estimate of drug-likeness (QED) is 0.343. The van der Waals surface area contributed by atoms with E-state index in [1.165, 1.54) is 11.6 Å².